The highest BCUT2D eigenvalue weighted by molar-refractivity contribution is 5.09. The van der Waals surface area contributed by atoms with Gasteiger partial charge in [0.1, 0.15) is 11.6 Å². The van der Waals surface area contributed by atoms with Gasteiger partial charge in [0.25, 0.3) is 0 Å². The van der Waals surface area contributed by atoms with E-state index in [4.69, 9.17) is 0 Å². The summed E-state index contributed by atoms with van der Waals surface area (Å²) in [6.07, 6.45) is -3.63. The van der Waals surface area contributed by atoms with Crippen LogP contribution in [0, 0.1) is 11.8 Å². The van der Waals surface area contributed by atoms with E-state index in [0.717, 1.165) is 18.9 Å². The van der Waals surface area contributed by atoms with Crippen LogP contribution in [0.15, 0.2) is 0 Å². The summed E-state index contributed by atoms with van der Waals surface area (Å²) in [4.78, 5) is 0. The van der Waals surface area contributed by atoms with Crippen molar-refractivity contribution in [1.82, 2.24) is 20.1 Å². The molecule has 106 valence electrons. The lowest BCUT2D eigenvalue weighted by Crippen LogP contribution is -2.33. The Labute approximate surface area is 109 Å². The third-order valence-electron chi connectivity index (χ3n) is 4.29. The molecule has 0 aromatic carbocycles. The summed E-state index contributed by atoms with van der Waals surface area (Å²) in [5.41, 5.74) is 0. The second kappa shape index (κ2) is 4.47. The zero-order valence-corrected chi connectivity index (χ0v) is 10.7. The minimum absolute atomic E-state index is 0.0234. The van der Waals surface area contributed by atoms with Crippen molar-refractivity contribution in [3.8, 4) is 0 Å². The van der Waals surface area contributed by atoms with Gasteiger partial charge in [0.05, 0.1) is 5.92 Å². The predicted molar refractivity (Wildman–Crippen MR) is 62.7 cm³/mol. The summed E-state index contributed by atoms with van der Waals surface area (Å²) in [6.45, 7) is 3.73. The molecule has 19 heavy (non-hydrogen) atoms. The number of nitrogens with zero attached hydrogens (tertiary/aromatic N) is 3. The number of aryl methyl sites for hydroxylation is 1. The van der Waals surface area contributed by atoms with Crippen LogP contribution in [-0.4, -0.2) is 34.0 Å². The molecule has 1 aromatic heterocycles. The smallest absolute Gasteiger partial charge is 0.316 e. The predicted octanol–water partition coefficient (Wildman–Crippen LogP) is 1.73. The van der Waals surface area contributed by atoms with Crippen LogP contribution in [0.1, 0.15) is 30.9 Å². The molecule has 0 spiro atoms. The second-order valence-corrected chi connectivity index (χ2v) is 5.60. The molecule has 0 aliphatic carbocycles. The molecule has 3 heterocycles. The van der Waals surface area contributed by atoms with Gasteiger partial charge in [-0.15, -0.1) is 10.2 Å². The third-order valence-corrected chi connectivity index (χ3v) is 4.29. The maximum absolute atomic E-state index is 12.9. The van der Waals surface area contributed by atoms with Crippen LogP contribution in [0.4, 0.5) is 13.2 Å². The van der Waals surface area contributed by atoms with E-state index in [9.17, 15) is 13.2 Å². The molecule has 1 N–H and O–H groups in total. The van der Waals surface area contributed by atoms with Gasteiger partial charge in [0.15, 0.2) is 0 Å². The zero-order valence-electron chi connectivity index (χ0n) is 10.7. The van der Waals surface area contributed by atoms with Crippen molar-refractivity contribution >= 4 is 0 Å². The summed E-state index contributed by atoms with van der Waals surface area (Å²) in [5.74, 6) is 0.725. The Balaban J connectivity index is 1.88. The van der Waals surface area contributed by atoms with Crippen LogP contribution in [0.3, 0.4) is 0 Å². The van der Waals surface area contributed by atoms with Crippen molar-refractivity contribution in [1.29, 1.82) is 0 Å². The fraction of sp³-hybridized carbons (Fsp3) is 0.833. The summed E-state index contributed by atoms with van der Waals surface area (Å²) in [6, 6.07) is 0. The van der Waals surface area contributed by atoms with Gasteiger partial charge < -0.3 is 9.88 Å². The molecular weight excluding hydrogens is 257 g/mol. The van der Waals surface area contributed by atoms with Crippen LogP contribution < -0.4 is 5.32 Å². The maximum atomic E-state index is 12.9. The normalized spacial score (nSPS) is 31.5. The molecule has 0 radical (unpaired) electrons. The summed E-state index contributed by atoms with van der Waals surface area (Å²) < 4.78 is 40.3. The quantitative estimate of drug-likeness (QED) is 0.848. The summed E-state index contributed by atoms with van der Waals surface area (Å²) >= 11 is 0. The Morgan fingerprint density at radius 3 is 2.68 bits per heavy atom. The number of fused-ring (bicyclic) bond motifs is 1. The highest BCUT2D eigenvalue weighted by atomic mass is 19.4. The second-order valence-electron chi connectivity index (χ2n) is 5.60. The molecule has 1 aromatic rings. The van der Waals surface area contributed by atoms with Crippen LogP contribution in [0.25, 0.3) is 0 Å². The number of hydrogen-bond donors (Lipinski definition) is 1. The molecule has 2 aliphatic heterocycles. The van der Waals surface area contributed by atoms with Crippen molar-refractivity contribution < 1.29 is 13.2 Å². The van der Waals surface area contributed by atoms with E-state index in [2.05, 4.69) is 22.4 Å². The van der Waals surface area contributed by atoms with E-state index in [0.29, 0.717) is 18.2 Å². The molecular formula is C12H17F3N4. The molecule has 4 nitrogen and oxygen atoms in total. The van der Waals surface area contributed by atoms with E-state index in [-0.39, 0.29) is 18.9 Å². The number of halogens is 3. The van der Waals surface area contributed by atoms with Crippen molar-refractivity contribution in [2.24, 2.45) is 11.8 Å². The van der Waals surface area contributed by atoms with Crippen molar-refractivity contribution in [3.63, 3.8) is 0 Å². The minimum Gasteiger partial charge on any atom is -0.316 e. The lowest BCUT2D eigenvalue weighted by Gasteiger charge is -2.27. The molecule has 0 saturated carbocycles. The molecule has 1 fully saturated rings. The minimum atomic E-state index is -4.13. The van der Waals surface area contributed by atoms with Gasteiger partial charge in [-0.25, -0.2) is 0 Å². The average molecular weight is 274 g/mol. The Morgan fingerprint density at radius 1 is 1.26 bits per heavy atom. The topological polar surface area (TPSA) is 42.7 Å². The van der Waals surface area contributed by atoms with Crippen LogP contribution >= 0.6 is 0 Å². The van der Waals surface area contributed by atoms with E-state index in [1.807, 2.05) is 0 Å². The lowest BCUT2D eigenvalue weighted by molar-refractivity contribution is -0.182. The van der Waals surface area contributed by atoms with Gasteiger partial charge >= 0.3 is 6.18 Å². The van der Waals surface area contributed by atoms with Gasteiger partial charge in [-0.1, -0.05) is 6.92 Å². The first-order valence-electron chi connectivity index (χ1n) is 6.66. The zero-order chi connectivity index (χ0) is 13.6. The van der Waals surface area contributed by atoms with E-state index >= 15 is 0 Å². The molecule has 3 atom stereocenters. The van der Waals surface area contributed by atoms with Gasteiger partial charge in [-0.2, -0.15) is 13.2 Å². The van der Waals surface area contributed by atoms with Gasteiger partial charge in [-0.05, 0) is 18.9 Å². The molecule has 3 rings (SSSR count). The first kappa shape index (κ1) is 12.9. The number of alkyl halides is 3. The van der Waals surface area contributed by atoms with Crippen molar-refractivity contribution in [2.45, 2.75) is 38.4 Å². The number of rotatable bonds is 1. The highest BCUT2D eigenvalue weighted by Gasteiger charge is 2.43. The van der Waals surface area contributed by atoms with Crippen LogP contribution in [0.2, 0.25) is 0 Å². The number of aromatic nitrogens is 3. The van der Waals surface area contributed by atoms with E-state index < -0.39 is 12.1 Å². The Bertz CT molecular complexity index is 468. The third kappa shape index (κ3) is 2.24. The van der Waals surface area contributed by atoms with Crippen LogP contribution in [-0.2, 0) is 13.0 Å². The Hall–Kier alpha value is -1.11. The van der Waals surface area contributed by atoms with Crippen molar-refractivity contribution in [2.75, 3.05) is 13.1 Å². The van der Waals surface area contributed by atoms with E-state index in [1.54, 1.807) is 4.57 Å². The van der Waals surface area contributed by atoms with Crippen molar-refractivity contribution in [3.05, 3.63) is 11.6 Å². The molecule has 1 saturated heterocycles. The number of hydrogen-bond acceptors (Lipinski definition) is 3. The highest BCUT2D eigenvalue weighted by Crippen LogP contribution is 2.36. The SMILES string of the molecule is CC1CNCC1c1nnc2n1CC(C(F)(F)F)CC2. The monoisotopic (exact) mass is 274 g/mol. The van der Waals surface area contributed by atoms with E-state index in [1.165, 1.54) is 0 Å². The van der Waals surface area contributed by atoms with Gasteiger partial charge in [0, 0.05) is 25.4 Å². The first-order valence-corrected chi connectivity index (χ1v) is 6.66. The summed E-state index contributed by atoms with van der Waals surface area (Å²) in [5, 5.41) is 11.5. The van der Waals surface area contributed by atoms with Gasteiger partial charge in [-0.3, -0.25) is 0 Å². The van der Waals surface area contributed by atoms with Gasteiger partial charge in [0.2, 0.25) is 0 Å². The fourth-order valence-electron chi connectivity index (χ4n) is 3.05. The van der Waals surface area contributed by atoms with Crippen LogP contribution in [0.5, 0.6) is 0 Å². The number of nitrogens with one attached hydrogen (secondary N) is 1. The Kier molecular flexibility index (Phi) is 3.03. The molecule has 3 unspecified atom stereocenters. The molecule has 0 amide bonds. The first-order chi connectivity index (χ1) is 8.97. The maximum Gasteiger partial charge on any atom is 0.393 e. The molecule has 0 bridgehead atoms. The molecule has 2 aliphatic rings. The lowest BCUT2D eigenvalue weighted by atomic mass is 9.95. The summed E-state index contributed by atoms with van der Waals surface area (Å²) in [7, 11) is 0. The largest absolute Gasteiger partial charge is 0.393 e. The fourth-order valence-corrected chi connectivity index (χ4v) is 3.05. The Morgan fingerprint density at radius 2 is 2.05 bits per heavy atom. The molecule has 7 heteroatoms. The average Bonchev–Trinajstić information content (AvgIpc) is 2.92. The standard InChI is InChI=1S/C12H17F3N4/c1-7-4-16-5-9(7)11-18-17-10-3-2-8(6-19(10)11)12(13,14)15/h7-9,16H,2-6H2,1H3.